The number of hydrogen-bond acceptors (Lipinski definition) is 2. The summed E-state index contributed by atoms with van der Waals surface area (Å²) in [5.41, 5.74) is 0.182. The first kappa shape index (κ1) is 13.0. The molecule has 0 aromatic carbocycles. The highest BCUT2D eigenvalue weighted by Crippen LogP contribution is 2.37. The minimum atomic E-state index is -0.471. The van der Waals surface area contributed by atoms with Crippen molar-refractivity contribution in [3.63, 3.8) is 0 Å². The van der Waals surface area contributed by atoms with Crippen molar-refractivity contribution in [1.29, 1.82) is 5.26 Å². The van der Waals surface area contributed by atoms with Crippen LogP contribution in [0.2, 0.25) is 0 Å². The maximum atomic E-state index is 11.9. The molecule has 2 atom stereocenters. The average molecular weight is 222 g/mol. The van der Waals surface area contributed by atoms with Gasteiger partial charge in [0.2, 0.25) is 5.91 Å². The minimum absolute atomic E-state index is 0.0793. The molecular formula is C13H22N2O. The lowest BCUT2D eigenvalue weighted by Gasteiger charge is -2.28. The summed E-state index contributed by atoms with van der Waals surface area (Å²) < 4.78 is 0. The lowest BCUT2D eigenvalue weighted by atomic mass is 9.87. The zero-order valence-corrected chi connectivity index (χ0v) is 10.5. The summed E-state index contributed by atoms with van der Waals surface area (Å²) in [7, 11) is 0. The number of carbonyl (C=O) groups excluding carboxylic acids is 1. The molecule has 1 aliphatic rings. The molecule has 3 nitrogen and oxygen atoms in total. The molecule has 1 fully saturated rings. The second kappa shape index (κ2) is 5.34. The van der Waals surface area contributed by atoms with Gasteiger partial charge in [-0.3, -0.25) is 4.79 Å². The Labute approximate surface area is 98.2 Å². The second-order valence-electron chi connectivity index (χ2n) is 5.41. The third kappa shape index (κ3) is 2.98. The van der Waals surface area contributed by atoms with Crippen molar-refractivity contribution in [2.45, 2.75) is 58.9 Å². The highest BCUT2D eigenvalue weighted by Gasteiger charge is 2.36. The van der Waals surface area contributed by atoms with Gasteiger partial charge in [0.05, 0.1) is 6.07 Å². The van der Waals surface area contributed by atoms with Gasteiger partial charge < -0.3 is 5.32 Å². The van der Waals surface area contributed by atoms with Crippen molar-refractivity contribution >= 4 is 5.91 Å². The van der Waals surface area contributed by atoms with Crippen molar-refractivity contribution < 1.29 is 4.79 Å². The Balaban J connectivity index is 2.54. The number of nitrogens with zero attached hydrogens (tertiary/aromatic N) is 1. The molecule has 0 saturated heterocycles. The standard InChI is InChI=1S/C13H22N2O/c1-4-6-10(9-14)12(16)15-11-7-5-8-13(11,2)3/h10-11H,4-8H2,1-3H3,(H,15,16). The van der Waals surface area contributed by atoms with Gasteiger partial charge in [0.25, 0.3) is 0 Å². The molecule has 0 heterocycles. The van der Waals surface area contributed by atoms with E-state index in [1.165, 1.54) is 6.42 Å². The lowest BCUT2D eigenvalue weighted by molar-refractivity contribution is -0.124. The van der Waals surface area contributed by atoms with Crippen molar-refractivity contribution in [3.05, 3.63) is 0 Å². The van der Waals surface area contributed by atoms with Crippen molar-refractivity contribution in [2.75, 3.05) is 0 Å². The van der Waals surface area contributed by atoms with Crippen LogP contribution in [0.25, 0.3) is 0 Å². The Morgan fingerprint density at radius 1 is 1.62 bits per heavy atom. The minimum Gasteiger partial charge on any atom is -0.352 e. The van der Waals surface area contributed by atoms with Crippen LogP contribution < -0.4 is 5.32 Å². The van der Waals surface area contributed by atoms with E-state index in [0.29, 0.717) is 6.42 Å². The van der Waals surface area contributed by atoms with Crippen LogP contribution >= 0.6 is 0 Å². The fourth-order valence-corrected chi connectivity index (χ4v) is 2.41. The molecule has 16 heavy (non-hydrogen) atoms. The third-order valence-electron chi connectivity index (χ3n) is 3.62. The Morgan fingerprint density at radius 2 is 2.31 bits per heavy atom. The summed E-state index contributed by atoms with van der Waals surface area (Å²) in [5, 5.41) is 12.0. The monoisotopic (exact) mass is 222 g/mol. The molecule has 1 amide bonds. The normalized spacial score (nSPS) is 24.8. The Kier molecular flexibility index (Phi) is 4.35. The molecule has 0 spiro atoms. The van der Waals surface area contributed by atoms with Crippen molar-refractivity contribution in [3.8, 4) is 6.07 Å². The Bertz CT molecular complexity index is 291. The molecule has 0 aromatic rings. The van der Waals surface area contributed by atoms with Gasteiger partial charge in [0.1, 0.15) is 5.92 Å². The molecule has 1 saturated carbocycles. The Hall–Kier alpha value is -1.04. The average Bonchev–Trinajstić information content (AvgIpc) is 2.54. The third-order valence-corrected chi connectivity index (χ3v) is 3.62. The largest absolute Gasteiger partial charge is 0.352 e. The molecule has 90 valence electrons. The van der Waals surface area contributed by atoms with E-state index in [0.717, 1.165) is 19.3 Å². The molecule has 0 aliphatic heterocycles. The van der Waals surface area contributed by atoms with Gasteiger partial charge in [-0.05, 0) is 24.7 Å². The first-order valence-corrected chi connectivity index (χ1v) is 6.21. The fraction of sp³-hybridized carbons (Fsp3) is 0.846. The number of amides is 1. The van der Waals surface area contributed by atoms with Gasteiger partial charge in [-0.25, -0.2) is 0 Å². The summed E-state index contributed by atoms with van der Waals surface area (Å²) in [6.45, 7) is 6.37. The van der Waals surface area contributed by atoms with E-state index in [2.05, 4.69) is 25.2 Å². The molecule has 0 aromatic heterocycles. The second-order valence-corrected chi connectivity index (χ2v) is 5.41. The van der Waals surface area contributed by atoms with Crippen LogP contribution in [0.5, 0.6) is 0 Å². The number of carbonyl (C=O) groups is 1. The first-order chi connectivity index (χ1) is 7.51. The molecule has 2 unspecified atom stereocenters. The van der Waals surface area contributed by atoms with Crippen LogP contribution in [0.15, 0.2) is 0 Å². The summed E-state index contributed by atoms with van der Waals surface area (Å²) in [6.07, 6.45) is 4.91. The van der Waals surface area contributed by atoms with E-state index in [4.69, 9.17) is 5.26 Å². The van der Waals surface area contributed by atoms with Gasteiger partial charge in [-0.15, -0.1) is 0 Å². The lowest BCUT2D eigenvalue weighted by Crippen LogP contribution is -2.43. The van der Waals surface area contributed by atoms with E-state index in [1.807, 2.05) is 6.92 Å². The van der Waals surface area contributed by atoms with Crippen LogP contribution in [-0.4, -0.2) is 11.9 Å². The highest BCUT2D eigenvalue weighted by molar-refractivity contribution is 5.81. The number of nitrogens with one attached hydrogen (secondary N) is 1. The van der Waals surface area contributed by atoms with Gasteiger partial charge in [-0.1, -0.05) is 33.6 Å². The van der Waals surface area contributed by atoms with Gasteiger partial charge in [0, 0.05) is 6.04 Å². The quantitative estimate of drug-likeness (QED) is 0.795. The predicted octanol–water partition coefficient (Wildman–Crippen LogP) is 2.62. The maximum Gasteiger partial charge on any atom is 0.237 e. The number of hydrogen-bond donors (Lipinski definition) is 1. The van der Waals surface area contributed by atoms with Crippen LogP contribution in [-0.2, 0) is 4.79 Å². The summed E-state index contributed by atoms with van der Waals surface area (Å²) >= 11 is 0. The maximum absolute atomic E-state index is 11.9. The van der Waals surface area contributed by atoms with Crippen molar-refractivity contribution in [1.82, 2.24) is 5.32 Å². The van der Waals surface area contributed by atoms with Crippen LogP contribution in [0, 0.1) is 22.7 Å². The zero-order valence-electron chi connectivity index (χ0n) is 10.5. The number of nitriles is 1. The predicted molar refractivity (Wildman–Crippen MR) is 63.6 cm³/mol. The van der Waals surface area contributed by atoms with Crippen LogP contribution in [0.4, 0.5) is 0 Å². The van der Waals surface area contributed by atoms with E-state index in [-0.39, 0.29) is 17.4 Å². The van der Waals surface area contributed by atoms with Crippen molar-refractivity contribution in [2.24, 2.45) is 11.3 Å². The van der Waals surface area contributed by atoms with E-state index in [1.54, 1.807) is 0 Å². The smallest absolute Gasteiger partial charge is 0.237 e. The molecule has 3 heteroatoms. The highest BCUT2D eigenvalue weighted by atomic mass is 16.1. The zero-order chi connectivity index (χ0) is 12.2. The van der Waals surface area contributed by atoms with E-state index in [9.17, 15) is 4.79 Å². The molecule has 0 bridgehead atoms. The Morgan fingerprint density at radius 3 is 2.75 bits per heavy atom. The molecule has 1 N–H and O–H groups in total. The molecule has 0 radical (unpaired) electrons. The van der Waals surface area contributed by atoms with Gasteiger partial charge in [0.15, 0.2) is 0 Å². The molecule has 1 rings (SSSR count). The van der Waals surface area contributed by atoms with Gasteiger partial charge >= 0.3 is 0 Å². The van der Waals surface area contributed by atoms with Crippen LogP contribution in [0.3, 0.4) is 0 Å². The fourth-order valence-electron chi connectivity index (χ4n) is 2.41. The summed E-state index contributed by atoms with van der Waals surface area (Å²) in [5.74, 6) is -0.550. The SMILES string of the molecule is CCCC(C#N)C(=O)NC1CCCC1(C)C. The first-order valence-electron chi connectivity index (χ1n) is 6.21. The molecule has 1 aliphatic carbocycles. The summed E-state index contributed by atoms with van der Waals surface area (Å²) in [4.78, 5) is 11.9. The van der Waals surface area contributed by atoms with E-state index < -0.39 is 5.92 Å². The van der Waals surface area contributed by atoms with E-state index >= 15 is 0 Å². The molecular weight excluding hydrogens is 200 g/mol. The summed E-state index contributed by atoms with van der Waals surface area (Å²) in [6, 6.07) is 2.34. The number of rotatable bonds is 4. The topological polar surface area (TPSA) is 52.9 Å². The van der Waals surface area contributed by atoms with Crippen LogP contribution in [0.1, 0.15) is 52.9 Å². The van der Waals surface area contributed by atoms with Gasteiger partial charge in [-0.2, -0.15) is 5.26 Å².